The normalized spacial score (nSPS) is 22.5. The smallest absolute Gasteiger partial charge is 0.254 e. The maximum Gasteiger partial charge on any atom is 0.254 e. The molecule has 0 bridgehead atoms. The number of likely N-dealkylation sites (N-methyl/N-ethyl adjacent to an activating group) is 1. The molecule has 0 aromatic heterocycles. The van der Waals surface area contributed by atoms with E-state index in [1.165, 1.54) is 11.3 Å². The molecule has 0 aliphatic carbocycles. The highest BCUT2D eigenvalue weighted by Gasteiger charge is 2.24. The predicted molar refractivity (Wildman–Crippen MR) is 74.6 cm³/mol. The van der Waals surface area contributed by atoms with Crippen LogP contribution in [0.2, 0.25) is 0 Å². The van der Waals surface area contributed by atoms with Crippen LogP contribution in [-0.2, 0) is 6.42 Å². The number of carbonyl (C=O) groups is 1. The summed E-state index contributed by atoms with van der Waals surface area (Å²) in [7, 11) is 2.06. The minimum Gasteiger partial charge on any atom is -0.391 e. The molecule has 4 nitrogen and oxygen atoms in total. The van der Waals surface area contributed by atoms with Crippen LogP contribution in [0.25, 0.3) is 0 Å². The molecule has 2 heterocycles. The van der Waals surface area contributed by atoms with Gasteiger partial charge in [0.15, 0.2) is 0 Å². The SMILES string of the molecule is CN1CCc2ccc(C(=O)N3CCC[C@H](O)C3)cc21. The molecule has 0 spiro atoms. The van der Waals surface area contributed by atoms with Gasteiger partial charge in [-0.1, -0.05) is 6.07 Å². The van der Waals surface area contributed by atoms with Crippen molar-refractivity contribution in [2.45, 2.75) is 25.4 Å². The highest BCUT2D eigenvalue weighted by Crippen LogP contribution is 2.28. The van der Waals surface area contributed by atoms with Crippen LogP contribution < -0.4 is 4.90 Å². The van der Waals surface area contributed by atoms with E-state index < -0.39 is 0 Å². The van der Waals surface area contributed by atoms with Crippen molar-refractivity contribution in [1.82, 2.24) is 4.90 Å². The second-order valence-corrected chi connectivity index (χ2v) is 5.56. The Bertz CT molecular complexity index is 501. The summed E-state index contributed by atoms with van der Waals surface area (Å²) in [5.41, 5.74) is 3.22. The monoisotopic (exact) mass is 260 g/mol. The first-order valence-corrected chi connectivity index (χ1v) is 6.96. The maximum atomic E-state index is 12.4. The summed E-state index contributed by atoms with van der Waals surface area (Å²) in [5, 5.41) is 9.67. The maximum absolute atomic E-state index is 12.4. The third kappa shape index (κ3) is 2.32. The Morgan fingerprint density at radius 1 is 1.37 bits per heavy atom. The van der Waals surface area contributed by atoms with Crippen LogP contribution in [0, 0.1) is 0 Å². The number of rotatable bonds is 1. The molecule has 19 heavy (non-hydrogen) atoms. The summed E-state index contributed by atoms with van der Waals surface area (Å²) in [5.74, 6) is 0.0434. The van der Waals surface area contributed by atoms with Gasteiger partial charge in [0.05, 0.1) is 6.10 Å². The number of carbonyl (C=O) groups excluding carboxylic acids is 1. The van der Waals surface area contributed by atoms with Crippen molar-refractivity contribution in [3.05, 3.63) is 29.3 Å². The van der Waals surface area contributed by atoms with Crippen LogP contribution in [0.5, 0.6) is 0 Å². The molecule has 1 fully saturated rings. The number of piperidine rings is 1. The minimum absolute atomic E-state index is 0.0434. The number of fused-ring (bicyclic) bond motifs is 1. The lowest BCUT2D eigenvalue weighted by atomic mass is 10.0. The van der Waals surface area contributed by atoms with E-state index in [2.05, 4.69) is 18.0 Å². The van der Waals surface area contributed by atoms with E-state index in [-0.39, 0.29) is 12.0 Å². The van der Waals surface area contributed by atoms with Gasteiger partial charge in [0, 0.05) is 37.9 Å². The van der Waals surface area contributed by atoms with Gasteiger partial charge in [-0.25, -0.2) is 0 Å². The van der Waals surface area contributed by atoms with E-state index >= 15 is 0 Å². The van der Waals surface area contributed by atoms with E-state index in [9.17, 15) is 9.90 Å². The van der Waals surface area contributed by atoms with E-state index in [1.54, 1.807) is 4.90 Å². The summed E-state index contributed by atoms with van der Waals surface area (Å²) >= 11 is 0. The quantitative estimate of drug-likeness (QED) is 0.827. The van der Waals surface area contributed by atoms with Crippen molar-refractivity contribution in [2.24, 2.45) is 0 Å². The van der Waals surface area contributed by atoms with Gasteiger partial charge >= 0.3 is 0 Å². The number of likely N-dealkylation sites (tertiary alicyclic amines) is 1. The third-order valence-electron chi connectivity index (χ3n) is 4.14. The van der Waals surface area contributed by atoms with E-state index in [0.717, 1.165) is 37.9 Å². The largest absolute Gasteiger partial charge is 0.391 e. The number of β-amino-alcohol motifs (C(OH)–C–C–N with tert-alkyl or cyclic N) is 1. The van der Waals surface area contributed by atoms with Crippen molar-refractivity contribution in [3.8, 4) is 0 Å². The average Bonchev–Trinajstić information content (AvgIpc) is 2.79. The minimum atomic E-state index is -0.366. The van der Waals surface area contributed by atoms with Crippen molar-refractivity contribution >= 4 is 11.6 Å². The predicted octanol–water partition coefficient (Wildman–Crippen LogP) is 1.28. The molecule has 2 aliphatic rings. The summed E-state index contributed by atoms with van der Waals surface area (Å²) in [6, 6.07) is 5.97. The van der Waals surface area contributed by atoms with E-state index in [4.69, 9.17) is 0 Å². The molecule has 3 rings (SSSR count). The molecule has 4 heteroatoms. The first-order valence-electron chi connectivity index (χ1n) is 6.96. The lowest BCUT2D eigenvalue weighted by molar-refractivity contribution is 0.0474. The molecule has 1 aromatic carbocycles. The fourth-order valence-corrected chi connectivity index (χ4v) is 2.99. The zero-order valence-corrected chi connectivity index (χ0v) is 11.3. The first-order chi connectivity index (χ1) is 9.15. The summed E-state index contributed by atoms with van der Waals surface area (Å²) in [4.78, 5) is 16.4. The van der Waals surface area contributed by atoms with Gasteiger partial charge in [0.1, 0.15) is 0 Å². The van der Waals surface area contributed by atoms with Gasteiger partial charge in [-0.05, 0) is 37.0 Å². The van der Waals surface area contributed by atoms with Crippen LogP contribution >= 0.6 is 0 Å². The van der Waals surface area contributed by atoms with Gasteiger partial charge < -0.3 is 14.9 Å². The Kier molecular flexibility index (Phi) is 3.19. The molecule has 1 N–H and O–H groups in total. The van der Waals surface area contributed by atoms with Crippen LogP contribution in [0.4, 0.5) is 5.69 Å². The Balaban J connectivity index is 1.82. The fourth-order valence-electron chi connectivity index (χ4n) is 2.99. The Hall–Kier alpha value is -1.55. The van der Waals surface area contributed by atoms with Gasteiger partial charge in [-0.2, -0.15) is 0 Å². The van der Waals surface area contributed by atoms with Gasteiger partial charge in [0.25, 0.3) is 5.91 Å². The standard InChI is InChI=1S/C15H20N2O2/c1-16-8-6-11-4-5-12(9-14(11)16)15(19)17-7-2-3-13(18)10-17/h4-5,9,13,18H,2-3,6-8,10H2,1H3/t13-/m0/s1. The third-order valence-corrected chi connectivity index (χ3v) is 4.14. The zero-order chi connectivity index (χ0) is 13.4. The Morgan fingerprint density at radius 3 is 3.00 bits per heavy atom. The molecule has 0 unspecified atom stereocenters. The lowest BCUT2D eigenvalue weighted by Crippen LogP contribution is -2.42. The molecule has 1 saturated heterocycles. The molecule has 1 amide bonds. The molecular weight excluding hydrogens is 240 g/mol. The summed E-state index contributed by atoms with van der Waals surface area (Å²) in [6.45, 7) is 2.24. The topological polar surface area (TPSA) is 43.8 Å². The number of aliphatic hydroxyl groups excluding tert-OH is 1. The summed E-state index contributed by atoms with van der Waals surface area (Å²) < 4.78 is 0. The molecule has 0 radical (unpaired) electrons. The first kappa shape index (κ1) is 12.5. The van der Waals surface area contributed by atoms with Crippen LogP contribution in [-0.4, -0.2) is 48.7 Å². The number of benzene rings is 1. The van der Waals surface area contributed by atoms with Gasteiger partial charge in [-0.15, -0.1) is 0 Å². The number of aliphatic hydroxyl groups is 1. The molecule has 2 aliphatic heterocycles. The second kappa shape index (κ2) is 4.85. The molecule has 0 saturated carbocycles. The number of anilines is 1. The number of amides is 1. The lowest BCUT2D eigenvalue weighted by Gasteiger charge is -2.30. The van der Waals surface area contributed by atoms with E-state index in [0.29, 0.717) is 6.54 Å². The van der Waals surface area contributed by atoms with Gasteiger partial charge in [0.2, 0.25) is 0 Å². The van der Waals surface area contributed by atoms with Crippen molar-refractivity contribution in [2.75, 3.05) is 31.6 Å². The number of nitrogens with zero attached hydrogens (tertiary/aromatic N) is 2. The Morgan fingerprint density at radius 2 is 2.21 bits per heavy atom. The van der Waals surface area contributed by atoms with Gasteiger partial charge in [-0.3, -0.25) is 4.79 Å². The highest BCUT2D eigenvalue weighted by molar-refractivity contribution is 5.95. The van der Waals surface area contributed by atoms with Crippen molar-refractivity contribution in [3.63, 3.8) is 0 Å². The van der Waals surface area contributed by atoms with Crippen molar-refractivity contribution < 1.29 is 9.90 Å². The van der Waals surface area contributed by atoms with Crippen LogP contribution in [0.1, 0.15) is 28.8 Å². The molecule has 1 aromatic rings. The number of hydrogen-bond acceptors (Lipinski definition) is 3. The zero-order valence-electron chi connectivity index (χ0n) is 11.3. The number of hydrogen-bond donors (Lipinski definition) is 1. The highest BCUT2D eigenvalue weighted by atomic mass is 16.3. The van der Waals surface area contributed by atoms with Crippen LogP contribution in [0.15, 0.2) is 18.2 Å². The van der Waals surface area contributed by atoms with Crippen LogP contribution in [0.3, 0.4) is 0 Å². The Labute approximate surface area is 113 Å². The fraction of sp³-hybridized carbons (Fsp3) is 0.533. The average molecular weight is 260 g/mol. The molecular formula is C15H20N2O2. The molecule has 1 atom stereocenters. The summed E-state index contributed by atoms with van der Waals surface area (Å²) in [6.07, 6.45) is 2.38. The second-order valence-electron chi connectivity index (χ2n) is 5.56. The van der Waals surface area contributed by atoms with E-state index in [1.807, 2.05) is 12.1 Å². The van der Waals surface area contributed by atoms with Crippen molar-refractivity contribution in [1.29, 1.82) is 0 Å². The molecule has 102 valence electrons.